The molecule has 2 rings (SSSR count). The Morgan fingerprint density at radius 2 is 1.77 bits per heavy atom. The molecule has 6 heteroatoms. The third-order valence-electron chi connectivity index (χ3n) is 2.83. The molecule has 1 heterocycles. The summed E-state index contributed by atoms with van der Waals surface area (Å²) >= 11 is 0. The number of aryl methyl sites for hydroxylation is 2. The van der Waals surface area contributed by atoms with Gasteiger partial charge in [-0.05, 0) is 38.1 Å². The van der Waals surface area contributed by atoms with Gasteiger partial charge in [-0.1, -0.05) is 23.8 Å². The van der Waals surface area contributed by atoms with Crippen molar-refractivity contribution in [2.75, 3.05) is 6.61 Å². The Morgan fingerprint density at radius 3 is 2.45 bits per heavy atom. The molecule has 0 aliphatic rings. The molecule has 22 heavy (non-hydrogen) atoms. The normalized spacial score (nSPS) is 9.91. The predicted octanol–water partition coefficient (Wildman–Crippen LogP) is 1.54. The van der Waals surface area contributed by atoms with Crippen LogP contribution in [0.4, 0.5) is 0 Å². The Kier molecular flexibility index (Phi) is 5.08. The molecule has 0 saturated carbocycles. The number of amides is 2. The number of ether oxygens (including phenoxy) is 1. The molecule has 0 unspecified atom stereocenters. The maximum Gasteiger partial charge on any atom is 0.288 e. The molecule has 0 atom stereocenters. The summed E-state index contributed by atoms with van der Waals surface area (Å²) in [6.07, 6.45) is 0. The van der Waals surface area contributed by atoms with Crippen molar-refractivity contribution in [2.45, 2.75) is 13.8 Å². The highest BCUT2D eigenvalue weighted by Gasteiger charge is 2.09. The molecule has 0 spiro atoms. The van der Waals surface area contributed by atoms with Crippen molar-refractivity contribution in [3.63, 3.8) is 0 Å². The van der Waals surface area contributed by atoms with Gasteiger partial charge in [0.1, 0.15) is 11.4 Å². The first-order chi connectivity index (χ1) is 10.5. The second-order valence-electron chi connectivity index (χ2n) is 4.77. The zero-order valence-corrected chi connectivity index (χ0v) is 12.4. The molecule has 0 fully saturated rings. The zero-order chi connectivity index (χ0) is 15.9. The molecule has 0 bridgehead atoms. The first-order valence-corrected chi connectivity index (χ1v) is 6.77. The monoisotopic (exact) mass is 299 g/mol. The minimum absolute atomic E-state index is 0.190. The topological polar surface area (TPSA) is 80.3 Å². The van der Waals surface area contributed by atoms with Crippen LogP contribution < -0.4 is 15.6 Å². The summed E-state index contributed by atoms with van der Waals surface area (Å²) in [5.74, 6) is -0.346. The van der Waals surface area contributed by atoms with Crippen molar-refractivity contribution in [2.24, 2.45) is 0 Å². The van der Waals surface area contributed by atoms with Gasteiger partial charge in [0.05, 0.1) is 0 Å². The fourth-order valence-corrected chi connectivity index (χ4v) is 1.68. The summed E-state index contributed by atoms with van der Waals surface area (Å²) in [7, 11) is 0. The smallest absolute Gasteiger partial charge is 0.288 e. The summed E-state index contributed by atoms with van der Waals surface area (Å²) < 4.78 is 5.30. The lowest BCUT2D eigenvalue weighted by Crippen LogP contribution is -2.44. The number of nitrogens with one attached hydrogen (secondary N) is 2. The zero-order valence-electron chi connectivity index (χ0n) is 12.4. The van der Waals surface area contributed by atoms with Gasteiger partial charge < -0.3 is 4.74 Å². The van der Waals surface area contributed by atoms with Gasteiger partial charge >= 0.3 is 0 Å². The van der Waals surface area contributed by atoms with E-state index in [0.29, 0.717) is 5.75 Å². The van der Waals surface area contributed by atoms with Gasteiger partial charge in [0, 0.05) is 5.69 Å². The summed E-state index contributed by atoms with van der Waals surface area (Å²) in [6.45, 7) is 3.56. The Balaban J connectivity index is 1.78. The molecule has 2 amide bonds. The summed E-state index contributed by atoms with van der Waals surface area (Å²) in [5, 5.41) is 0. The number of hydrogen-bond acceptors (Lipinski definition) is 4. The highest BCUT2D eigenvalue weighted by Crippen LogP contribution is 2.10. The molecule has 0 aliphatic heterocycles. The molecular formula is C16H17N3O3. The molecule has 0 aliphatic carbocycles. The average Bonchev–Trinajstić information content (AvgIpc) is 2.52. The highest BCUT2D eigenvalue weighted by molar-refractivity contribution is 5.93. The van der Waals surface area contributed by atoms with Crippen LogP contribution in [0.15, 0.2) is 42.5 Å². The molecule has 2 aromatic rings. The van der Waals surface area contributed by atoms with Crippen LogP contribution in [0.1, 0.15) is 21.7 Å². The van der Waals surface area contributed by atoms with E-state index in [1.54, 1.807) is 37.3 Å². The van der Waals surface area contributed by atoms with E-state index in [1.807, 2.05) is 19.1 Å². The lowest BCUT2D eigenvalue weighted by atomic mass is 10.2. The minimum Gasteiger partial charge on any atom is -0.484 e. The van der Waals surface area contributed by atoms with Crippen molar-refractivity contribution in [3.8, 4) is 5.75 Å². The van der Waals surface area contributed by atoms with Gasteiger partial charge in [-0.15, -0.1) is 0 Å². The maximum atomic E-state index is 11.8. The third-order valence-corrected chi connectivity index (χ3v) is 2.83. The Labute approximate surface area is 128 Å². The van der Waals surface area contributed by atoms with Crippen LogP contribution in [0.25, 0.3) is 0 Å². The molecule has 1 aromatic carbocycles. The van der Waals surface area contributed by atoms with Crippen molar-refractivity contribution < 1.29 is 14.3 Å². The van der Waals surface area contributed by atoms with Crippen molar-refractivity contribution in [1.29, 1.82) is 0 Å². The Bertz CT molecular complexity index is 669. The van der Waals surface area contributed by atoms with E-state index in [0.717, 1.165) is 11.3 Å². The number of rotatable bonds is 4. The van der Waals surface area contributed by atoms with E-state index in [1.165, 1.54) is 0 Å². The second-order valence-corrected chi connectivity index (χ2v) is 4.77. The first-order valence-electron chi connectivity index (χ1n) is 6.77. The summed E-state index contributed by atoms with van der Waals surface area (Å²) in [6, 6.07) is 12.4. The van der Waals surface area contributed by atoms with Crippen molar-refractivity contribution >= 4 is 11.8 Å². The number of hydrogen-bond donors (Lipinski definition) is 2. The van der Waals surface area contributed by atoms with Gasteiger partial charge in [0.15, 0.2) is 6.61 Å². The van der Waals surface area contributed by atoms with Crippen molar-refractivity contribution in [3.05, 3.63) is 59.4 Å². The van der Waals surface area contributed by atoms with Crippen LogP contribution in [-0.4, -0.2) is 23.4 Å². The van der Waals surface area contributed by atoms with Gasteiger partial charge in [-0.25, -0.2) is 4.98 Å². The van der Waals surface area contributed by atoms with Crippen LogP contribution in [-0.2, 0) is 4.79 Å². The largest absolute Gasteiger partial charge is 0.484 e. The number of carbonyl (C=O) groups excluding carboxylic acids is 2. The fraction of sp³-hybridized carbons (Fsp3) is 0.188. The maximum absolute atomic E-state index is 11.8. The third kappa shape index (κ3) is 4.59. The van der Waals surface area contributed by atoms with Crippen molar-refractivity contribution in [1.82, 2.24) is 15.8 Å². The average molecular weight is 299 g/mol. The van der Waals surface area contributed by atoms with Crippen LogP contribution in [0.5, 0.6) is 5.75 Å². The van der Waals surface area contributed by atoms with E-state index in [-0.39, 0.29) is 12.3 Å². The van der Waals surface area contributed by atoms with E-state index in [9.17, 15) is 9.59 Å². The van der Waals surface area contributed by atoms with Crippen LogP contribution in [0.3, 0.4) is 0 Å². The molecule has 6 nitrogen and oxygen atoms in total. The first kappa shape index (κ1) is 15.5. The standard InChI is InChI=1S/C16H17N3O3/c1-11-6-8-13(9-7-11)22-10-15(20)18-19-16(21)14-5-3-4-12(2)17-14/h3-9H,10H2,1-2H3,(H,18,20)(H,19,21). The van der Waals surface area contributed by atoms with Gasteiger partial charge in [0.2, 0.25) is 0 Å². The van der Waals surface area contributed by atoms with Crippen LogP contribution in [0.2, 0.25) is 0 Å². The molecule has 1 aromatic heterocycles. The van der Waals surface area contributed by atoms with E-state index >= 15 is 0 Å². The number of hydrazine groups is 1. The van der Waals surface area contributed by atoms with E-state index in [2.05, 4.69) is 15.8 Å². The minimum atomic E-state index is -0.479. The van der Waals surface area contributed by atoms with Gasteiger partial charge in [-0.2, -0.15) is 0 Å². The van der Waals surface area contributed by atoms with Gasteiger partial charge in [-0.3, -0.25) is 20.4 Å². The van der Waals surface area contributed by atoms with Crippen LogP contribution in [0, 0.1) is 13.8 Å². The van der Waals surface area contributed by atoms with E-state index in [4.69, 9.17) is 4.74 Å². The number of nitrogens with zero attached hydrogens (tertiary/aromatic N) is 1. The highest BCUT2D eigenvalue weighted by atomic mass is 16.5. The van der Waals surface area contributed by atoms with Crippen LogP contribution >= 0.6 is 0 Å². The lowest BCUT2D eigenvalue weighted by Gasteiger charge is -2.09. The molecule has 2 N–H and O–H groups in total. The number of benzene rings is 1. The Morgan fingerprint density at radius 1 is 1.05 bits per heavy atom. The number of carbonyl (C=O) groups is 2. The predicted molar refractivity (Wildman–Crippen MR) is 81.3 cm³/mol. The Hall–Kier alpha value is -2.89. The number of pyridine rings is 1. The van der Waals surface area contributed by atoms with Gasteiger partial charge in [0.25, 0.3) is 11.8 Å². The second kappa shape index (κ2) is 7.21. The quantitative estimate of drug-likeness (QED) is 0.839. The van der Waals surface area contributed by atoms with E-state index < -0.39 is 11.8 Å². The fourth-order valence-electron chi connectivity index (χ4n) is 1.68. The molecular weight excluding hydrogens is 282 g/mol. The SMILES string of the molecule is Cc1ccc(OCC(=O)NNC(=O)c2cccc(C)n2)cc1. The summed E-state index contributed by atoms with van der Waals surface area (Å²) in [5.41, 5.74) is 6.63. The number of aromatic nitrogens is 1. The molecule has 0 saturated heterocycles. The lowest BCUT2D eigenvalue weighted by molar-refractivity contribution is -0.123. The molecule has 0 radical (unpaired) electrons. The summed E-state index contributed by atoms with van der Waals surface area (Å²) in [4.78, 5) is 27.5. The molecule has 114 valence electrons.